The summed E-state index contributed by atoms with van der Waals surface area (Å²) in [4.78, 5) is 42.3. The van der Waals surface area contributed by atoms with Crippen molar-refractivity contribution in [2.45, 2.75) is 38.1 Å². The van der Waals surface area contributed by atoms with Gasteiger partial charge in [-0.25, -0.2) is 9.59 Å². The summed E-state index contributed by atoms with van der Waals surface area (Å²) in [7, 11) is -5.16. The number of nitriles is 2. The highest BCUT2D eigenvalue weighted by Gasteiger charge is 2.28. The SMILES string of the molecule is CC(=O)NC(CC[N+](OC(C)=O)OC(C)=O)CN=Nc1c(C#N)cc(S(=O)(=O)F)cc1C#N. The fourth-order valence-electron chi connectivity index (χ4n) is 2.39. The molecular formula is C18H19FN6O7S+. The first-order chi connectivity index (χ1) is 15.4. The molecular weight excluding hydrogens is 463 g/mol. The van der Waals surface area contributed by atoms with Crippen molar-refractivity contribution in [2.75, 3.05) is 13.1 Å². The van der Waals surface area contributed by atoms with Gasteiger partial charge in [0.05, 0.1) is 23.7 Å². The molecule has 175 valence electrons. The van der Waals surface area contributed by atoms with Gasteiger partial charge in [-0.2, -0.15) is 38.8 Å². The Bertz CT molecular complexity index is 1090. The van der Waals surface area contributed by atoms with Gasteiger partial charge in [-0.05, 0) is 12.1 Å². The third-order valence-electron chi connectivity index (χ3n) is 3.61. The summed E-state index contributed by atoms with van der Waals surface area (Å²) in [6.07, 6.45) is 0.0639. The molecule has 0 fully saturated rings. The van der Waals surface area contributed by atoms with Crippen molar-refractivity contribution in [1.29, 1.82) is 10.5 Å². The minimum atomic E-state index is -5.16. The van der Waals surface area contributed by atoms with E-state index in [0.29, 0.717) is 17.4 Å². The maximum absolute atomic E-state index is 13.3. The number of carbonyl (C=O) groups excluding carboxylic acids is 3. The van der Waals surface area contributed by atoms with Gasteiger partial charge < -0.3 is 5.32 Å². The molecule has 1 unspecified atom stereocenters. The van der Waals surface area contributed by atoms with Crippen LogP contribution in [0.2, 0.25) is 0 Å². The van der Waals surface area contributed by atoms with Gasteiger partial charge in [0, 0.05) is 27.2 Å². The molecule has 1 amide bonds. The molecule has 0 aliphatic carbocycles. The summed E-state index contributed by atoms with van der Waals surface area (Å²) in [5.74, 6) is -1.94. The topological polar surface area (TPSA) is 194 Å². The second kappa shape index (κ2) is 12.2. The van der Waals surface area contributed by atoms with E-state index >= 15 is 0 Å². The van der Waals surface area contributed by atoms with Crippen molar-refractivity contribution in [3.05, 3.63) is 23.3 Å². The fraction of sp³-hybridized carbons (Fsp3) is 0.389. The Labute approximate surface area is 188 Å². The molecule has 1 rings (SSSR count). The lowest BCUT2D eigenvalue weighted by molar-refractivity contribution is -0.253. The lowest BCUT2D eigenvalue weighted by Gasteiger charge is -2.14. The van der Waals surface area contributed by atoms with Gasteiger partial charge in [0.15, 0.2) is 0 Å². The van der Waals surface area contributed by atoms with Crippen molar-refractivity contribution in [2.24, 2.45) is 10.2 Å². The third-order valence-corrected chi connectivity index (χ3v) is 4.41. The van der Waals surface area contributed by atoms with E-state index in [0.717, 1.165) is 13.8 Å². The van der Waals surface area contributed by atoms with E-state index in [1.807, 2.05) is 0 Å². The molecule has 15 heteroatoms. The Morgan fingerprint density at radius 2 is 1.64 bits per heavy atom. The van der Waals surface area contributed by atoms with Crippen LogP contribution in [0.25, 0.3) is 0 Å². The molecule has 0 bridgehead atoms. The molecule has 13 nitrogen and oxygen atoms in total. The minimum absolute atomic E-state index is 0.0639. The molecule has 0 saturated heterocycles. The molecule has 0 aliphatic heterocycles. The van der Waals surface area contributed by atoms with Crippen LogP contribution in [-0.4, -0.2) is 45.4 Å². The van der Waals surface area contributed by atoms with Crippen LogP contribution >= 0.6 is 0 Å². The van der Waals surface area contributed by atoms with Crippen LogP contribution in [0.3, 0.4) is 0 Å². The first-order valence-corrected chi connectivity index (χ1v) is 10.5. The van der Waals surface area contributed by atoms with E-state index in [1.54, 1.807) is 12.1 Å². The van der Waals surface area contributed by atoms with Gasteiger partial charge in [-0.3, -0.25) is 4.79 Å². The molecule has 1 N–H and O–H groups in total. The Morgan fingerprint density at radius 3 is 2.03 bits per heavy atom. The van der Waals surface area contributed by atoms with Crippen molar-refractivity contribution >= 4 is 33.8 Å². The van der Waals surface area contributed by atoms with E-state index in [4.69, 9.17) is 9.68 Å². The van der Waals surface area contributed by atoms with Gasteiger partial charge in [-0.15, -0.1) is 3.89 Å². The smallest absolute Gasteiger partial charge is 0.351 e. The van der Waals surface area contributed by atoms with Crippen molar-refractivity contribution < 1.29 is 36.4 Å². The first kappa shape index (κ1) is 27.1. The van der Waals surface area contributed by atoms with Crippen LogP contribution in [0.5, 0.6) is 0 Å². The average molecular weight is 482 g/mol. The number of rotatable bonds is 10. The third kappa shape index (κ3) is 9.38. The quantitative estimate of drug-likeness (QED) is 0.289. The molecule has 1 aromatic rings. The van der Waals surface area contributed by atoms with Crippen LogP contribution in [0, 0.1) is 22.7 Å². The number of benzene rings is 1. The number of nitrogens with one attached hydrogen (secondary N) is 1. The summed E-state index contributed by atoms with van der Waals surface area (Å²) in [6, 6.07) is 3.96. The predicted octanol–water partition coefficient (Wildman–Crippen LogP) is 1.16. The van der Waals surface area contributed by atoms with E-state index in [1.165, 1.54) is 6.92 Å². The summed E-state index contributed by atoms with van der Waals surface area (Å²) in [5, 5.41) is 29.2. The summed E-state index contributed by atoms with van der Waals surface area (Å²) < 4.78 is 35.5. The van der Waals surface area contributed by atoms with Crippen LogP contribution in [0.15, 0.2) is 27.3 Å². The van der Waals surface area contributed by atoms with Gasteiger partial charge >= 0.3 is 22.2 Å². The standard InChI is InChI=1S/C18H19FN6O7S/c1-11(26)23-16(4-5-25(31-12(2)27)32-13(3)28)10-22-24-18-14(8-20)6-17(33(19,29)30)7-15(18)9-21/h6-7,16H,4-5,10H2,1-3H3,(H,23,26)/q+1. The maximum Gasteiger partial charge on any atom is 0.377 e. The normalized spacial score (nSPS) is 12.0. The van der Waals surface area contributed by atoms with Crippen LogP contribution in [0.4, 0.5) is 9.57 Å². The summed E-state index contributed by atoms with van der Waals surface area (Å²) >= 11 is 0. The summed E-state index contributed by atoms with van der Waals surface area (Å²) in [5.41, 5.74) is -1.09. The monoisotopic (exact) mass is 482 g/mol. The van der Waals surface area contributed by atoms with E-state index in [9.17, 15) is 37.2 Å². The number of hydroxylamine groups is 2. The molecule has 0 saturated carbocycles. The molecule has 0 heterocycles. The van der Waals surface area contributed by atoms with Crippen LogP contribution < -0.4 is 10.5 Å². The zero-order valence-electron chi connectivity index (χ0n) is 17.7. The molecule has 1 radical (unpaired) electrons. The first-order valence-electron chi connectivity index (χ1n) is 9.09. The highest BCUT2D eigenvalue weighted by Crippen LogP contribution is 2.28. The van der Waals surface area contributed by atoms with Gasteiger partial charge in [0.25, 0.3) is 5.23 Å². The Kier molecular flexibility index (Phi) is 10.00. The Balaban J connectivity index is 3.09. The molecule has 1 atom stereocenters. The van der Waals surface area contributed by atoms with E-state index < -0.39 is 50.1 Å². The molecule has 0 aromatic heterocycles. The fourth-order valence-corrected chi connectivity index (χ4v) is 2.91. The summed E-state index contributed by atoms with van der Waals surface area (Å²) in [6.45, 7) is 3.09. The highest BCUT2D eigenvalue weighted by molar-refractivity contribution is 7.86. The van der Waals surface area contributed by atoms with Crippen molar-refractivity contribution in [3.63, 3.8) is 0 Å². The van der Waals surface area contributed by atoms with Crippen LogP contribution in [-0.2, 0) is 34.3 Å². The zero-order chi connectivity index (χ0) is 25.2. The van der Waals surface area contributed by atoms with Gasteiger partial charge in [0.1, 0.15) is 22.7 Å². The Hall–Kier alpha value is -3.95. The number of azo groups is 1. The van der Waals surface area contributed by atoms with Gasteiger partial charge in [0.2, 0.25) is 12.5 Å². The van der Waals surface area contributed by atoms with Crippen molar-refractivity contribution in [1.82, 2.24) is 10.5 Å². The number of nitrogens with zero attached hydrogens (tertiary/aromatic N) is 5. The lowest BCUT2D eigenvalue weighted by Crippen LogP contribution is -2.41. The number of amides is 1. The highest BCUT2D eigenvalue weighted by atomic mass is 32.3. The second-order valence-electron chi connectivity index (χ2n) is 6.36. The zero-order valence-corrected chi connectivity index (χ0v) is 18.5. The molecule has 1 aromatic carbocycles. The van der Waals surface area contributed by atoms with E-state index in [2.05, 4.69) is 15.5 Å². The van der Waals surface area contributed by atoms with Gasteiger partial charge in [-0.1, -0.05) is 0 Å². The number of carbonyl (C=O) groups is 3. The largest absolute Gasteiger partial charge is 0.377 e. The predicted molar refractivity (Wildman–Crippen MR) is 106 cm³/mol. The number of hydrogen-bond donors (Lipinski definition) is 1. The number of halogens is 1. The molecule has 33 heavy (non-hydrogen) atoms. The lowest BCUT2D eigenvalue weighted by atomic mass is 10.1. The molecule has 0 spiro atoms. The van der Waals surface area contributed by atoms with E-state index in [-0.39, 0.29) is 25.2 Å². The van der Waals surface area contributed by atoms with Crippen LogP contribution in [0.1, 0.15) is 38.3 Å². The second-order valence-corrected chi connectivity index (χ2v) is 7.71. The molecule has 0 aliphatic rings. The Morgan fingerprint density at radius 1 is 1.12 bits per heavy atom. The minimum Gasteiger partial charge on any atom is -0.351 e. The average Bonchev–Trinajstić information content (AvgIpc) is 2.69. The van der Waals surface area contributed by atoms with Crippen molar-refractivity contribution in [3.8, 4) is 12.1 Å². The maximum atomic E-state index is 13.3. The number of hydrogen-bond acceptors (Lipinski definition) is 12.